The maximum atomic E-state index is 12.5. The minimum absolute atomic E-state index is 0.104. The van der Waals surface area contributed by atoms with Crippen molar-refractivity contribution in [2.75, 3.05) is 38.2 Å². The number of fused-ring (bicyclic) bond motifs is 2. The minimum Gasteiger partial charge on any atom is -0.497 e. The van der Waals surface area contributed by atoms with Crippen LogP contribution in [-0.4, -0.2) is 66.1 Å². The predicted molar refractivity (Wildman–Crippen MR) is 93.8 cm³/mol. The SMILES string of the molecule is CCN1C(=O)C2CN(c3ccnc4ccc(OC)cc34)CCN2C1=O. The van der Waals surface area contributed by atoms with Crippen LogP contribution in [0.1, 0.15) is 6.92 Å². The van der Waals surface area contributed by atoms with E-state index in [0.717, 1.165) is 22.3 Å². The van der Waals surface area contributed by atoms with Gasteiger partial charge in [-0.25, -0.2) is 4.79 Å². The summed E-state index contributed by atoms with van der Waals surface area (Å²) in [7, 11) is 1.64. The van der Waals surface area contributed by atoms with Gasteiger partial charge in [0.1, 0.15) is 11.8 Å². The van der Waals surface area contributed by atoms with E-state index in [4.69, 9.17) is 4.74 Å². The van der Waals surface area contributed by atoms with Crippen LogP contribution in [-0.2, 0) is 4.79 Å². The average molecular weight is 340 g/mol. The molecule has 0 spiro atoms. The van der Waals surface area contributed by atoms with Crippen LogP contribution in [0.25, 0.3) is 10.9 Å². The number of methoxy groups -OCH3 is 1. The number of nitrogens with zero attached hydrogens (tertiary/aromatic N) is 4. The second-order valence-electron chi connectivity index (χ2n) is 6.23. The Hall–Kier alpha value is -2.83. The van der Waals surface area contributed by atoms with Gasteiger partial charge in [-0.1, -0.05) is 0 Å². The molecule has 0 saturated carbocycles. The summed E-state index contributed by atoms with van der Waals surface area (Å²) in [6.45, 7) is 3.97. The number of carbonyl (C=O) groups excluding carboxylic acids is 2. The van der Waals surface area contributed by atoms with Crippen molar-refractivity contribution in [2.45, 2.75) is 13.0 Å². The van der Waals surface area contributed by atoms with Crippen molar-refractivity contribution in [3.63, 3.8) is 0 Å². The van der Waals surface area contributed by atoms with Gasteiger partial charge in [0.15, 0.2) is 0 Å². The largest absolute Gasteiger partial charge is 0.497 e. The Morgan fingerprint density at radius 1 is 1.24 bits per heavy atom. The van der Waals surface area contributed by atoms with E-state index in [1.165, 1.54) is 4.90 Å². The third-order valence-electron chi connectivity index (χ3n) is 4.99. The zero-order valence-corrected chi connectivity index (χ0v) is 14.3. The Morgan fingerprint density at radius 3 is 2.84 bits per heavy atom. The highest BCUT2D eigenvalue weighted by molar-refractivity contribution is 6.05. The number of aromatic nitrogens is 1. The number of rotatable bonds is 3. The summed E-state index contributed by atoms with van der Waals surface area (Å²) in [6.07, 6.45) is 1.77. The molecule has 25 heavy (non-hydrogen) atoms. The summed E-state index contributed by atoms with van der Waals surface area (Å²) in [5.41, 5.74) is 1.89. The van der Waals surface area contributed by atoms with Gasteiger partial charge in [-0.2, -0.15) is 0 Å². The standard InChI is InChI=1S/C18H20N4O3/c1-3-21-17(23)16-11-20(8-9-22(16)18(21)24)15-6-7-19-14-5-4-12(25-2)10-13(14)15/h4-7,10,16H,3,8-9,11H2,1-2H3. The van der Waals surface area contributed by atoms with Crippen molar-refractivity contribution in [3.05, 3.63) is 30.5 Å². The fourth-order valence-electron chi connectivity index (χ4n) is 3.68. The lowest BCUT2D eigenvalue weighted by atomic mass is 10.1. The third kappa shape index (κ3) is 2.38. The normalized spacial score (nSPS) is 20.4. The molecule has 1 unspecified atom stereocenters. The second kappa shape index (κ2) is 5.91. The number of hydrogen-bond acceptors (Lipinski definition) is 5. The van der Waals surface area contributed by atoms with Crippen LogP contribution in [0.15, 0.2) is 30.5 Å². The molecule has 0 radical (unpaired) electrons. The van der Waals surface area contributed by atoms with Gasteiger partial charge in [0.25, 0.3) is 5.91 Å². The Morgan fingerprint density at radius 2 is 2.08 bits per heavy atom. The van der Waals surface area contributed by atoms with E-state index in [-0.39, 0.29) is 11.9 Å². The summed E-state index contributed by atoms with van der Waals surface area (Å²) in [5.74, 6) is 0.665. The quantitative estimate of drug-likeness (QED) is 0.796. The number of pyridine rings is 1. The highest BCUT2D eigenvalue weighted by Gasteiger charge is 2.47. The number of piperazine rings is 1. The topological polar surface area (TPSA) is 66.0 Å². The van der Waals surface area contributed by atoms with Gasteiger partial charge in [0.2, 0.25) is 0 Å². The van der Waals surface area contributed by atoms with E-state index in [1.54, 1.807) is 18.2 Å². The molecule has 2 aromatic rings. The summed E-state index contributed by atoms with van der Waals surface area (Å²) in [6, 6.07) is 7.15. The molecule has 130 valence electrons. The molecular weight excluding hydrogens is 320 g/mol. The number of hydrogen-bond donors (Lipinski definition) is 0. The molecule has 4 rings (SSSR count). The highest BCUT2D eigenvalue weighted by Crippen LogP contribution is 2.31. The van der Waals surface area contributed by atoms with Crippen LogP contribution >= 0.6 is 0 Å². The van der Waals surface area contributed by atoms with E-state index in [0.29, 0.717) is 26.2 Å². The van der Waals surface area contributed by atoms with Gasteiger partial charge >= 0.3 is 6.03 Å². The number of urea groups is 1. The van der Waals surface area contributed by atoms with Gasteiger partial charge in [0, 0.05) is 43.4 Å². The van der Waals surface area contributed by atoms with E-state index in [1.807, 2.05) is 31.2 Å². The lowest BCUT2D eigenvalue weighted by Gasteiger charge is -2.37. The fraction of sp³-hybridized carbons (Fsp3) is 0.389. The van der Waals surface area contributed by atoms with Crippen LogP contribution in [0.4, 0.5) is 10.5 Å². The van der Waals surface area contributed by atoms with Gasteiger partial charge in [-0.15, -0.1) is 0 Å². The molecule has 2 aliphatic rings. The van der Waals surface area contributed by atoms with Crippen molar-refractivity contribution >= 4 is 28.5 Å². The molecule has 0 bridgehead atoms. The Labute approximate surface area is 145 Å². The van der Waals surface area contributed by atoms with Crippen molar-refractivity contribution in [3.8, 4) is 5.75 Å². The van der Waals surface area contributed by atoms with Gasteiger partial charge < -0.3 is 14.5 Å². The Kier molecular flexibility index (Phi) is 3.71. The summed E-state index contributed by atoms with van der Waals surface area (Å²) in [4.78, 5) is 34.4. The molecule has 7 nitrogen and oxygen atoms in total. The fourth-order valence-corrected chi connectivity index (χ4v) is 3.68. The lowest BCUT2D eigenvalue weighted by molar-refractivity contribution is -0.128. The molecule has 1 aromatic carbocycles. The van der Waals surface area contributed by atoms with Crippen molar-refractivity contribution in [2.24, 2.45) is 0 Å². The first-order chi connectivity index (χ1) is 12.1. The Bertz CT molecular complexity index is 853. The van der Waals surface area contributed by atoms with Crippen LogP contribution in [0, 0.1) is 0 Å². The van der Waals surface area contributed by atoms with Crippen LogP contribution in [0.5, 0.6) is 5.75 Å². The number of carbonyl (C=O) groups is 2. The van der Waals surface area contributed by atoms with E-state index in [2.05, 4.69) is 9.88 Å². The molecule has 1 atom stereocenters. The van der Waals surface area contributed by atoms with Gasteiger partial charge in [0.05, 0.1) is 12.6 Å². The number of imide groups is 1. The Balaban J connectivity index is 1.69. The van der Waals surface area contributed by atoms with Crippen LogP contribution in [0.2, 0.25) is 0 Å². The number of ether oxygens (including phenoxy) is 1. The summed E-state index contributed by atoms with van der Waals surface area (Å²) < 4.78 is 5.33. The second-order valence-corrected chi connectivity index (χ2v) is 6.23. The molecule has 0 aliphatic carbocycles. The summed E-state index contributed by atoms with van der Waals surface area (Å²) >= 11 is 0. The van der Waals surface area contributed by atoms with E-state index < -0.39 is 6.04 Å². The molecule has 2 fully saturated rings. The molecule has 3 amide bonds. The van der Waals surface area contributed by atoms with Crippen molar-refractivity contribution in [1.82, 2.24) is 14.8 Å². The maximum absolute atomic E-state index is 12.5. The van der Waals surface area contributed by atoms with Gasteiger partial charge in [-0.05, 0) is 31.2 Å². The monoisotopic (exact) mass is 340 g/mol. The zero-order valence-electron chi connectivity index (χ0n) is 14.3. The first-order valence-corrected chi connectivity index (χ1v) is 8.43. The van der Waals surface area contributed by atoms with Gasteiger partial charge in [-0.3, -0.25) is 14.7 Å². The van der Waals surface area contributed by atoms with Crippen molar-refractivity contribution in [1.29, 1.82) is 0 Å². The molecular formula is C18H20N4O3. The lowest BCUT2D eigenvalue weighted by Crippen LogP contribution is -2.53. The number of anilines is 1. The van der Waals surface area contributed by atoms with Crippen LogP contribution in [0.3, 0.4) is 0 Å². The summed E-state index contributed by atoms with van der Waals surface area (Å²) in [5, 5.41) is 0.986. The molecule has 1 aromatic heterocycles. The van der Waals surface area contributed by atoms with Crippen LogP contribution < -0.4 is 9.64 Å². The third-order valence-corrected chi connectivity index (χ3v) is 4.99. The molecule has 2 aliphatic heterocycles. The molecule has 0 N–H and O–H groups in total. The zero-order chi connectivity index (χ0) is 17.6. The average Bonchev–Trinajstić information content (AvgIpc) is 2.90. The first kappa shape index (κ1) is 15.7. The number of amides is 3. The van der Waals surface area contributed by atoms with E-state index >= 15 is 0 Å². The first-order valence-electron chi connectivity index (χ1n) is 8.43. The number of benzene rings is 1. The minimum atomic E-state index is -0.407. The number of likely N-dealkylation sites (N-methyl/N-ethyl adjacent to an activating group) is 1. The smallest absolute Gasteiger partial charge is 0.327 e. The molecule has 3 heterocycles. The predicted octanol–water partition coefficient (Wildman–Crippen LogP) is 1.72. The van der Waals surface area contributed by atoms with E-state index in [9.17, 15) is 9.59 Å². The van der Waals surface area contributed by atoms with Crippen molar-refractivity contribution < 1.29 is 14.3 Å². The highest BCUT2D eigenvalue weighted by atomic mass is 16.5. The maximum Gasteiger partial charge on any atom is 0.327 e. The molecule has 7 heteroatoms. The molecule has 2 saturated heterocycles.